The number of halogens is 1. The molecular weight excluding hydrogens is 380 g/mol. The molecule has 0 radical (unpaired) electrons. The Bertz CT molecular complexity index is 944. The Kier molecular flexibility index (Phi) is 6.86. The Morgan fingerprint density at radius 3 is 2.43 bits per heavy atom. The van der Waals surface area contributed by atoms with Crippen LogP contribution in [0.15, 0.2) is 30.3 Å². The smallest absolute Gasteiger partial charge is 0.336 e. The third-order valence-electron chi connectivity index (χ3n) is 4.15. The van der Waals surface area contributed by atoms with Crippen LogP contribution in [0.2, 0.25) is 5.02 Å². The van der Waals surface area contributed by atoms with E-state index in [4.69, 9.17) is 21.1 Å². The normalized spacial score (nSPS) is 11.1. The molecule has 2 rings (SSSR count). The standard InChI is InChI=1S/C22H23ClO5/c1-12(2)28-21-14(4)20(22(25)26)13(3)10-15(21)6-9-18(24)17-8-7-16(23)11-19(17)27-5/h6-12H,1-5H3,(H,25,26)/b9-6+. The highest BCUT2D eigenvalue weighted by Gasteiger charge is 2.19. The average Bonchev–Trinajstić information content (AvgIpc) is 2.61. The first kappa shape index (κ1) is 21.5. The molecule has 148 valence electrons. The SMILES string of the molecule is COc1cc(Cl)ccc1C(=O)/C=C/c1cc(C)c(C(=O)O)c(C)c1OC(C)C. The molecule has 2 aromatic carbocycles. The van der Waals surface area contributed by atoms with Crippen molar-refractivity contribution in [3.05, 3.63) is 63.2 Å². The summed E-state index contributed by atoms with van der Waals surface area (Å²) in [4.78, 5) is 24.2. The molecule has 0 spiro atoms. The number of benzene rings is 2. The highest BCUT2D eigenvalue weighted by molar-refractivity contribution is 6.31. The summed E-state index contributed by atoms with van der Waals surface area (Å²) in [6, 6.07) is 6.50. The highest BCUT2D eigenvalue weighted by atomic mass is 35.5. The lowest BCUT2D eigenvalue weighted by Crippen LogP contribution is -2.12. The van der Waals surface area contributed by atoms with E-state index in [-0.39, 0.29) is 17.5 Å². The van der Waals surface area contributed by atoms with Crippen LogP contribution in [0, 0.1) is 13.8 Å². The van der Waals surface area contributed by atoms with Crippen molar-refractivity contribution in [2.24, 2.45) is 0 Å². The highest BCUT2D eigenvalue weighted by Crippen LogP contribution is 2.32. The number of carboxylic acids is 1. The van der Waals surface area contributed by atoms with Gasteiger partial charge in [0.1, 0.15) is 11.5 Å². The molecule has 0 atom stereocenters. The van der Waals surface area contributed by atoms with Crippen molar-refractivity contribution in [2.75, 3.05) is 7.11 Å². The summed E-state index contributed by atoms with van der Waals surface area (Å²) in [5.74, 6) is -0.442. The fraction of sp³-hybridized carbons (Fsp3) is 0.273. The van der Waals surface area contributed by atoms with Crippen molar-refractivity contribution in [2.45, 2.75) is 33.8 Å². The van der Waals surface area contributed by atoms with E-state index < -0.39 is 5.97 Å². The lowest BCUT2D eigenvalue weighted by molar-refractivity contribution is 0.0694. The summed E-state index contributed by atoms with van der Waals surface area (Å²) in [6.45, 7) is 7.14. The Balaban J connectivity index is 2.50. The Labute approximate surface area is 169 Å². The third kappa shape index (κ3) is 4.73. The first-order valence-corrected chi connectivity index (χ1v) is 9.13. The number of aryl methyl sites for hydroxylation is 1. The van der Waals surface area contributed by atoms with E-state index in [1.165, 1.54) is 13.2 Å². The molecule has 0 saturated heterocycles. The van der Waals surface area contributed by atoms with Gasteiger partial charge in [-0.25, -0.2) is 4.79 Å². The molecule has 0 aliphatic heterocycles. The maximum absolute atomic E-state index is 12.6. The van der Waals surface area contributed by atoms with Crippen LogP contribution in [-0.4, -0.2) is 30.1 Å². The Morgan fingerprint density at radius 1 is 1.18 bits per heavy atom. The third-order valence-corrected chi connectivity index (χ3v) is 4.39. The first-order valence-electron chi connectivity index (χ1n) is 8.75. The number of ether oxygens (including phenoxy) is 2. The molecule has 0 aliphatic carbocycles. The number of allylic oxidation sites excluding steroid dienone is 1. The van der Waals surface area contributed by atoms with Crippen LogP contribution in [0.5, 0.6) is 11.5 Å². The molecule has 0 aromatic heterocycles. The molecule has 0 heterocycles. The van der Waals surface area contributed by atoms with E-state index in [0.29, 0.717) is 38.8 Å². The fourth-order valence-electron chi connectivity index (χ4n) is 2.97. The van der Waals surface area contributed by atoms with Crippen LogP contribution >= 0.6 is 11.6 Å². The molecular formula is C22H23ClO5. The van der Waals surface area contributed by atoms with Gasteiger partial charge < -0.3 is 14.6 Å². The molecule has 0 unspecified atom stereocenters. The molecule has 28 heavy (non-hydrogen) atoms. The zero-order valence-electron chi connectivity index (χ0n) is 16.5. The molecule has 0 fully saturated rings. The van der Waals surface area contributed by atoms with Gasteiger partial charge in [-0.3, -0.25) is 4.79 Å². The molecule has 0 amide bonds. The van der Waals surface area contributed by atoms with Gasteiger partial charge >= 0.3 is 5.97 Å². The molecule has 0 aliphatic rings. The topological polar surface area (TPSA) is 72.8 Å². The molecule has 5 nitrogen and oxygen atoms in total. The number of carboxylic acid groups (broad SMARTS) is 1. The van der Waals surface area contributed by atoms with Crippen molar-refractivity contribution >= 4 is 29.4 Å². The predicted octanol–water partition coefficient (Wildman–Crippen LogP) is 5.35. The number of methoxy groups -OCH3 is 1. The largest absolute Gasteiger partial charge is 0.496 e. The van der Waals surface area contributed by atoms with E-state index in [1.807, 2.05) is 13.8 Å². The van der Waals surface area contributed by atoms with Crippen LogP contribution in [-0.2, 0) is 0 Å². The van der Waals surface area contributed by atoms with Crippen molar-refractivity contribution in [1.82, 2.24) is 0 Å². The number of ketones is 1. The monoisotopic (exact) mass is 402 g/mol. The van der Waals surface area contributed by atoms with Crippen LogP contribution in [0.4, 0.5) is 0 Å². The lowest BCUT2D eigenvalue weighted by atomic mass is 9.97. The van der Waals surface area contributed by atoms with E-state index >= 15 is 0 Å². The average molecular weight is 403 g/mol. The first-order chi connectivity index (χ1) is 13.1. The number of carbonyl (C=O) groups is 2. The van der Waals surface area contributed by atoms with E-state index in [2.05, 4.69) is 0 Å². The molecule has 2 aromatic rings. The Morgan fingerprint density at radius 2 is 1.86 bits per heavy atom. The minimum atomic E-state index is -1.01. The van der Waals surface area contributed by atoms with Crippen LogP contribution in [0.1, 0.15) is 51.3 Å². The van der Waals surface area contributed by atoms with E-state index in [0.717, 1.165) is 0 Å². The fourth-order valence-corrected chi connectivity index (χ4v) is 3.13. The number of hydrogen-bond donors (Lipinski definition) is 1. The maximum atomic E-state index is 12.6. The number of aromatic carboxylic acids is 1. The summed E-state index contributed by atoms with van der Waals surface area (Å²) in [6.07, 6.45) is 2.88. The zero-order valence-corrected chi connectivity index (χ0v) is 17.3. The van der Waals surface area contributed by atoms with Crippen molar-refractivity contribution in [1.29, 1.82) is 0 Å². The second-order valence-electron chi connectivity index (χ2n) is 6.63. The van der Waals surface area contributed by atoms with Gasteiger partial charge in [-0.1, -0.05) is 11.6 Å². The van der Waals surface area contributed by atoms with Gasteiger partial charge in [-0.2, -0.15) is 0 Å². The van der Waals surface area contributed by atoms with Gasteiger partial charge in [0.15, 0.2) is 5.78 Å². The minimum Gasteiger partial charge on any atom is -0.496 e. The van der Waals surface area contributed by atoms with E-state index in [1.54, 1.807) is 44.2 Å². The summed E-state index contributed by atoms with van der Waals surface area (Å²) < 4.78 is 11.1. The van der Waals surface area contributed by atoms with Gasteiger partial charge in [-0.15, -0.1) is 0 Å². The van der Waals surface area contributed by atoms with E-state index in [9.17, 15) is 14.7 Å². The summed E-state index contributed by atoms with van der Waals surface area (Å²) >= 11 is 5.94. The van der Waals surface area contributed by atoms with Gasteiger partial charge in [0, 0.05) is 16.1 Å². The maximum Gasteiger partial charge on any atom is 0.336 e. The van der Waals surface area contributed by atoms with Gasteiger partial charge in [0.05, 0.1) is 24.3 Å². The summed E-state index contributed by atoms with van der Waals surface area (Å²) in [5.41, 5.74) is 2.34. The minimum absolute atomic E-state index is 0.151. The van der Waals surface area contributed by atoms with Crippen LogP contribution in [0.25, 0.3) is 6.08 Å². The molecule has 0 bridgehead atoms. The lowest BCUT2D eigenvalue weighted by Gasteiger charge is -2.18. The number of hydrogen-bond acceptors (Lipinski definition) is 4. The summed E-state index contributed by atoms with van der Waals surface area (Å²) in [5, 5.41) is 9.96. The number of rotatable bonds is 7. The van der Waals surface area contributed by atoms with Gasteiger partial charge in [0.2, 0.25) is 0 Å². The van der Waals surface area contributed by atoms with Crippen molar-refractivity contribution in [3.63, 3.8) is 0 Å². The molecule has 1 N–H and O–H groups in total. The summed E-state index contributed by atoms with van der Waals surface area (Å²) in [7, 11) is 1.47. The quantitative estimate of drug-likeness (QED) is 0.499. The van der Waals surface area contributed by atoms with Crippen molar-refractivity contribution in [3.8, 4) is 11.5 Å². The van der Waals surface area contributed by atoms with Gasteiger partial charge in [-0.05, 0) is 69.7 Å². The second kappa shape index (κ2) is 8.93. The van der Waals surface area contributed by atoms with Gasteiger partial charge in [0.25, 0.3) is 0 Å². The second-order valence-corrected chi connectivity index (χ2v) is 7.06. The number of carbonyl (C=O) groups excluding carboxylic acids is 1. The molecule has 6 heteroatoms. The van der Waals surface area contributed by atoms with Crippen LogP contribution < -0.4 is 9.47 Å². The predicted molar refractivity (Wildman–Crippen MR) is 110 cm³/mol. The van der Waals surface area contributed by atoms with Crippen molar-refractivity contribution < 1.29 is 24.2 Å². The van der Waals surface area contributed by atoms with Crippen LogP contribution in [0.3, 0.4) is 0 Å². The molecule has 0 saturated carbocycles. The Hall–Kier alpha value is -2.79. The zero-order chi connectivity index (χ0) is 21.0.